The first-order valence-corrected chi connectivity index (χ1v) is 11.9. The van der Waals surface area contributed by atoms with Crippen LogP contribution < -0.4 is 10.6 Å². The Morgan fingerprint density at radius 2 is 1.86 bits per heavy atom. The lowest BCUT2D eigenvalue weighted by Gasteiger charge is -2.21. The molecular weight excluding hydrogens is 462 g/mol. The molecule has 5 rings (SSSR count). The molecule has 0 spiro atoms. The molecule has 1 aliphatic rings. The minimum Gasteiger partial charge on any atom is -0.443 e. The van der Waals surface area contributed by atoms with Gasteiger partial charge in [-0.2, -0.15) is 0 Å². The van der Waals surface area contributed by atoms with Crippen molar-refractivity contribution in [2.45, 2.75) is 39.5 Å². The standard InChI is InChI=1S/C28H26ClN3O3/c1-28(2,3)35-27(34)32-23-12-9-17(15-30-19-7-5-4-6-8-19)13-18(23)14-24(32)20-10-11-22(29)21-16-31-26(33)25(20)21/h4-14,30H,15-16H2,1-3H3,(H,31,33). The molecule has 2 N–H and O–H groups in total. The number of carbonyl (C=O) groups is 2. The van der Waals surface area contributed by atoms with E-state index < -0.39 is 11.7 Å². The number of nitrogens with zero attached hydrogens (tertiary/aromatic N) is 1. The maximum absolute atomic E-state index is 13.4. The fourth-order valence-electron chi connectivity index (χ4n) is 4.36. The molecule has 35 heavy (non-hydrogen) atoms. The summed E-state index contributed by atoms with van der Waals surface area (Å²) in [6.45, 7) is 6.49. The fourth-order valence-corrected chi connectivity index (χ4v) is 4.59. The second kappa shape index (κ2) is 8.78. The second-order valence-corrected chi connectivity index (χ2v) is 10.00. The smallest absolute Gasteiger partial charge is 0.419 e. The number of para-hydroxylation sites is 1. The Morgan fingerprint density at radius 3 is 2.60 bits per heavy atom. The zero-order valence-corrected chi connectivity index (χ0v) is 20.6. The second-order valence-electron chi connectivity index (χ2n) is 9.59. The van der Waals surface area contributed by atoms with E-state index in [2.05, 4.69) is 10.6 Å². The zero-order valence-electron chi connectivity index (χ0n) is 19.8. The number of nitrogens with one attached hydrogen (secondary N) is 2. The summed E-state index contributed by atoms with van der Waals surface area (Å²) in [6.07, 6.45) is -0.500. The first-order valence-electron chi connectivity index (χ1n) is 11.5. The van der Waals surface area contributed by atoms with Gasteiger partial charge in [0.25, 0.3) is 5.91 Å². The number of halogens is 1. The van der Waals surface area contributed by atoms with Crippen LogP contribution in [0.4, 0.5) is 10.5 Å². The highest BCUT2D eigenvalue weighted by atomic mass is 35.5. The maximum Gasteiger partial charge on any atom is 0.419 e. The molecule has 178 valence electrons. The van der Waals surface area contributed by atoms with Crippen LogP contribution >= 0.6 is 11.6 Å². The summed E-state index contributed by atoms with van der Waals surface area (Å²) in [5, 5.41) is 7.65. The summed E-state index contributed by atoms with van der Waals surface area (Å²) in [6, 6.07) is 21.4. The molecule has 0 bridgehead atoms. The third-order valence-electron chi connectivity index (χ3n) is 5.90. The third kappa shape index (κ3) is 4.49. The summed E-state index contributed by atoms with van der Waals surface area (Å²) in [5.41, 5.74) is 4.59. The fraction of sp³-hybridized carbons (Fsp3) is 0.214. The molecule has 6 nitrogen and oxygen atoms in total. The average Bonchev–Trinajstić information content (AvgIpc) is 3.39. The van der Waals surface area contributed by atoms with Crippen LogP contribution in [-0.2, 0) is 17.8 Å². The van der Waals surface area contributed by atoms with Crippen LogP contribution in [0.2, 0.25) is 5.02 Å². The molecule has 0 fully saturated rings. The maximum atomic E-state index is 13.4. The topological polar surface area (TPSA) is 72.4 Å². The molecule has 0 radical (unpaired) electrons. The quantitative estimate of drug-likeness (QED) is 0.340. The van der Waals surface area contributed by atoms with Crippen LogP contribution in [0.3, 0.4) is 0 Å². The molecule has 1 amide bonds. The van der Waals surface area contributed by atoms with Crippen molar-refractivity contribution in [1.82, 2.24) is 9.88 Å². The van der Waals surface area contributed by atoms with Crippen molar-refractivity contribution in [3.8, 4) is 11.3 Å². The molecule has 0 saturated carbocycles. The molecule has 1 aliphatic heterocycles. The van der Waals surface area contributed by atoms with Crippen molar-refractivity contribution in [2.24, 2.45) is 0 Å². The zero-order chi connectivity index (χ0) is 24.7. The number of fused-ring (bicyclic) bond motifs is 2. The first-order chi connectivity index (χ1) is 16.7. The molecule has 4 aromatic rings. The lowest BCUT2D eigenvalue weighted by atomic mass is 10.00. The van der Waals surface area contributed by atoms with Crippen molar-refractivity contribution >= 4 is 40.2 Å². The van der Waals surface area contributed by atoms with Crippen molar-refractivity contribution in [3.05, 3.63) is 88.4 Å². The number of benzene rings is 3. The molecule has 7 heteroatoms. The number of rotatable bonds is 4. The Balaban J connectivity index is 1.62. The molecular formula is C28H26ClN3O3. The highest BCUT2D eigenvalue weighted by Gasteiger charge is 2.29. The van der Waals surface area contributed by atoms with Crippen molar-refractivity contribution in [3.63, 3.8) is 0 Å². The van der Waals surface area contributed by atoms with Gasteiger partial charge in [-0.15, -0.1) is 0 Å². The predicted octanol–water partition coefficient (Wildman–Crippen LogP) is 6.60. The van der Waals surface area contributed by atoms with Gasteiger partial charge in [-0.05, 0) is 62.7 Å². The van der Waals surface area contributed by atoms with Gasteiger partial charge < -0.3 is 15.4 Å². The van der Waals surface area contributed by atoms with Gasteiger partial charge in [0, 0.05) is 40.3 Å². The normalized spacial score (nSPS) is 13.0. The Hall–Kier alpha value is -3.77. The SMILES string of the molecule is CC(C)(C)OC(=O)n1c(-c2ccc(Cl)c3c2C(=O)NC3)cc2cc(CNc3ccccc3)ccc21. The highest BCUT2D eigenvalue weighted by molar-refractivity contribution is 6.32. The number of amides is 1. The van der Waals surface area contributed by atoms with E-state index in [1.54, 1.807) is 16.7 Å². The van der Waals surface area contributed by atoms with Crippen LogP contribution in [0.25, 0.3) is 22.2 Å². The minimum atomic E-state index is -0.677. The van der Waals surface area contributed by atoms with Crippen molar-refractivity contribution < 1.29 is 14.3 Å². The van der Waals surface area contributed by atoms with Crippen molar-refractivity contribution in [2.75, 3.05) is 5.32 Å². The minimum absolute atomic E-state index is 0.203. The van der Waals surface area contributed by atoms with Gasteiger partial charge in [0.15, 0.2) is 0 Å². The Morgan fingerprint density at radius 1 is 1.09 bits per heavy atom. The summed E-state index contributed by atoms with van der Waals surface area (Å²) < 4.78 is 7.29. The number of hydrogen-bond donors (Lipinski definition) is 2. The number of hydrogen-bond acceptors (Lipinski definition) is 4. The van der Waals surface area contributed by atoms with Crippen LogP contribution in [0.1, 0.15) is 42.3 Å². The van der Waals surface area contributed by atoms with Crippen LogP contribution in [0, 0.1) is 0 Å². The van der Waals surface area contributed by atoms with Gasteiger partial charge in [0.05, 0.1) is 16.8 Å². The highest BCUT2D eigenvalue weighted by Crippen LogP contribution is 2.37. The summed E-state index contributed by atoms with van der Waals surface area (Å²) >= 11 is 6.37. The third-order valence-corrected chi connectivity index (χ3v) is 6.25. The molecule has 3 aromatic carbocycles. The largest absolute Gasteiger partial charge is 0.443 e. The van der Waals surface area contributed by atoms with Gasteiger partial charge in [0.1, 0.15) is 5.60 Å². The van der Waals surface area contributed by atoms with E-state index in [1.165, 1.54) is 0 Å². The van der Waals surface area contributed by atoms with Gasteiger partial charge in [0.2, 0.25) is 0 Å². The lowest BCUT2D eigenvalue weighted by molar-refractivity contribution is 0.0547. The van der Waals surface area contributed by atoms with E-state index in [4.69, 9.17) is 16.3 Å². The molecule has 0 atom stereocenters. The van der Waals surface area contributed by atoms with E-state index in [1.807, 2.05) is 75.4 Å². The Labute approximate surface area is 208 Å². The van der Waals surface area contributed by atoms with Gasteiger partial charge in [-0.3, -0.25) is 4.79 Å². The lowest BCUT2D eigenvalue weighted by Crippen LogP contribution is -2.27. The predicted molar refractivity (Wildman–Crippen MR) is 139 cm³/mol. The molecule has 0 saturated heterocycles. The number of ether oxygens (including phenoxy) is 1. The molecule has 0 aliphatic carbocycles. The molecule has 2 heterocycles. The molecule has 1 aromatic heterocycles. The van der Waals surface area contributed by atoms with Crippen LogP contribution in [0.15, 0.2) is 66.7 Å². The van der Waals surface area contributed by atoms with E-state index in [0.717, 1.165) is 22.2 Å². The van der Waals surface area contributed by atoms with E-state index >= 15 is 0 Å². The van der Waals surface area contributed by atoms with E-state index in [9.17, 15) is 9.59 Å². The van der Waals surface area contributed by atoms with Crippen LogP contribution in [0.5, 0.6) is 0 Å². The number of carbonyl (C=O) groups excluding carboxylic acids is 2. The summed E-state index contributed by atoms with van der Waals surface area (Å²) in [4.78, 5) is 26.1. The van der Waals surface area contributed by atoms with Gasteiger partial charge in [-0.1, -0.05) is 41.9 Å². The van der Waals surface area contributed by atoms with Crippen molar-refractivity contribution in [1.29, 1.82) is 0 Å². The number of aromatic nitrogens is 1. The Bertz CT molecular complexity index is 1450. The summed E-state index contributed by atoms with van der Waals surface area (Å²) in [7, 11) is 0. The van der Waals surface area contributed by atoms with Gasteiger partial charge >= 0.3 is 6.09 Å². The Kier molecular flexibility index (Phi) is 5.77. The first kappa shape index (κ1) is 23.0. The summed E-state index contributed by atoms with van der Waals surface area (Å²) in [5.74, 6) is -0.203. The van der Waals surface area contributed by atoms with E-state index in [-0.39, 0.29) is 5.91 Å². The average molecular weight is 488 g/mol. The monoisotopic (exact) mass is 487 g/mol. The van der Waals surface area contributed by atoms with E-state index in [0.29, 0.717) is 40.4 Å². The van der Waals surface area contributed by atoms with Gasteiger partial charge in [-0.25, -0.2) is 9.36 Å². The van der Waals surface area contributed by atoms with Crippen LogP contribution in [-0.4, -0.2) is 22.2 Å². The number of anilines is 1. The molecule has 0 unspecified atom stereocenters.